The minimum atomic E-state index is -0.232. The molecule has 0 saturated heterocycles. The van der Waals surface area contributed by atoms with E-state index in [1.54, 1.807) is 25.5 Å². The van der Waals surface area contributed by atoms with Crippen molar-refractivity contribution in [1.29, 1.82) is 0 Å². The molecule has 1 aromatic carbocycles. The molecule has 0 fully saturated rings. The molecular formula is C13H17ClN2O2. The van der Waals surface area contributed by atoms with Crippen molar-refractivity contribution in [3.05, 3.63) is 41.1 Å². The highest BCUT2D eigenvalue weighted by Gasteiger charge is 1.95. The van der Waals surface area contributed by atoms with Crippen LogP contribution in [0.15, 0.2) is 30.5 Å². The molecule has 2 N–H and O–H groups in total. The van der Waals surface area contributed by atoms with Gasteiger partial charge in [-0.1, -0.05) is 23.7 Å². The number of carbonyl (C=O) groups excluding carboxylic acids is 1. The molecule has 0 aliphatic heterocycles. The molecule has 0 aromatic heterocycles. The van der Waals surface area contributed by atoms with Crippen LogP contribution in [0.2, 0.25) is 5.02 Å². The van der Waals surface area contributed by atoms with E-state index in [2.05, 4.69) is 10.6 Å². The lowest BCUT2D eigenvalue weighted by molar-refractivity contribution is 0.193. The van der Waals surface area contributed by atoms with Crippen LogP contribution >= 0.6 is 11.6 Å². The Bertz CT molecular complexity index is 408. The van der Waals surface area contributed by atoms with E-state index in [4.69, 9.17) is 16.3 Å². The van der Waals surface area contributed by atoms with E-state index in [1.807, 2.05) is 18.2 Å². The maximum Gasteiger partial charge on any atom is 0.318 e. The first-order valence-electron chi connectivity index (χ1n) is 5.68. The lowest BCUT2D eigenvalue weighted by Gasteiger charge is -2.03. The van der Waals surface area contributed by atoms with E-state index >= 15 is 0 Å². The summed E-state index contributed by atoms with van der Waals surface area (Å²) in [4.78, 5) is 11.3. The van der Waals surface area contributed by atoms with Gasteiger partial charge in [-0.2, -0.15) is 0 Å². The van der Waals surface area contributed by atoms with Crippen molar-refractivity contribution in [1.82, 2.24) is 10.6 Å². The predicted molar refractivity (Wildman–Crippen MR) is 73.5 cm³/mol. The van der Waals surface area contributed by atoms with Gasteiger partial charge in [0.1, 0.15) is 0 Å². The van der Waals surface area contributed by atoms with E-state index in [-0.39, 0.29) is 6.03 Å². The van der Waals surface area contributed by atoms with Crippen LogP contribution in [0.1, 0.15) is 12.0 Å². The van der Waals surface area contributed by atoms with Gasteiger partial charge in [0, 0.05) is 31.5 Å². The van der Waals surface area contributed by atoms with Gasteiger partial charge in [-0.15, -0.1) is 0 Å². The number of urea groups is 1. The normalized spacial score (nSPS) is 10.6. The third kappa shape index (κ3) is 6.27. The molecule has 0 heterocycles. The summed E-state index contributed by atoms with van der Waals surface area (Å²) in [6.07, 6.45) is 4.15. The second-order valence-electron chi connectivity index (χ2n) is 3.63. The van der Waals surface area contributed by atoms with Crippen molar-refractivity contribution in [3.63, 3.8) is 0 Å². The topological polar surface area (TPSA) is 50.4 Å². The third-order valence-electron chi connectivity index (χ3n) is 2.15. The fourth-order valence-electron chi connectivity index (χ4n) is 1.29. The molecule has 5 heteroatoms. The van der Waals surface area contributed by atoms with Crippen LogP contribution in [0.25, 0.3) is 6.08 Å². The average molecular weight is 269 g/mol. The number of methoxy groups -OCH3 is 1. The quantitative estimate of drug-likeness (QED) is 0.780. The minimum Gasteiger partial charge on any atom is -0.385 e. The van der Waals surface area contributed by atoms with E-state index in [1.165, 1.54) is 0 Å². The summed E-state index contributed by atoms with van der Waals surface area (Å²) in [7, 11) is 1.63. The smallest absolute Gasteiger partial charge is 0.318 e. The molecule has 2 amide bonds. The van der Waals surface area contributed by atoms with Crippen LogP contribution in [0, 0.1) is 0 Å². The molecule has 4 nitrogen and oxygen atoms in total. The Balaban J connectivity index is 2.25. The molecule has 98 valence electrons. The van der Waals surface area contributed by atoms with Crippen molar-refractivity contribution in [2.75, 3.05) is 20.3 Å². The standard InChI is InChI=1S/C13H17ClN2O2/c1-18-9-3-7-15-13(17)16-8-6-11-4-2-5-12(14)10-11/h2,4-6,8,10H,3,7,9H2,1H3,(H2,15,16,17)/b8-6+. The molecular weight excluding hydrogens is 252 g/mol. The van der Waals surface area contributed by atoms with Gasteiger partial charge in [0.05, 0.1) is 0 Å². The van der Waals surface area contributed by atoms with Gasteiger partial charge in [0.25, 0.3) is 0 Å². The fourth-order valence-corrected chi connectivity index (χ4v) is 1.49. The highest BCUT2D eigenvalue weighted by molar-refractivity contribution is 6.30. The number of amides is 2. The van der Waals surface area contributed by atoms with Gasteiger partial charge in [-0.25, -0.2) is 4.79 Å². The number of hydrogen-bond acceptors (Lipinski definition) is 2. The summed E-state index contributed by atoms with van der Waals surface area (Å²) >= 11 is 5.84. The molecule has 18 heavy (non-hydrogen) atoms. The molecule has 0 spiro atoms. The summed E-state index contributed by atoms with van der Waals surface area (Å²) in [5.41, 5.74) is 0.933. The number of rotatable bonds is 6. The highest BCUT2D eigenvalue weighted by atomic mass is 35.5. The van der Waals surface area contributed by atoms with Crippen molar-refractivity contribution < 1.29 is 9.53 Å². The summed E-state index contributed by atoms with van der Waals surface area (Å²) in [5, 5.41) is 5.99. The second kappa shape index (κ2) is 8.55. The maximum absolute atomic E-state index is 11.3. The number of carbonyl (C=O) groups is 1. The number of hydrogen-bond donors (Lipinski definition) is 2. The van der Waals surface area contributed by atoms with Gasteiger partial charge in [-0.3, -0.25) is 0 Å². The van der Waals surface area contributed by atoms with E-state index in [0.717, 1.165) is 12.0 Å². The Morgan fingerprint density at radius 1 is 1.50 bits per heavy atom. The number of ether oxygens (including phenoxy) is 1. The largest absolute Gasteiger partial charge is 0.385 e. The third-order valence-corrected chi connectivity index (χ3v) is 2.38. The predicted octanol–water partition coefficient (Wildman–Crippen LogP) is 2.65. The number of benzene rings is 1. The zero-order valence-electron chi connectivity index (χ0n) is 10.3. The average Bonchev–Trinajstić information content (AvgIpc) is 2.35. The second-order valence-corrected chi connectivity index (χ2v) is 4.07. The zero-order chi connectivity index (χ0) is 13.2. The lowest BCUT2D eigenvalue weighted by Crippen LogP contribution is -2.33. The zero-order valence-corrected chi connectivity index (χ0v) is 11.0. The number of halogens is 1. The minimum absolute atomic E-state index is 0.232. The van der Waals surface area contributed by atoms with E-state index in [9.17, 15) is 4.79 Å². The Kier molecular flexibility index (Phi) is 6.91. The lowest BCUT2D eigenvalue weighted by atomic mass is 10.2. The van der Waals surface area contributed by atoms with Crippen LogP contribution in [0.5, 0.6) is 0 Å². The van der Waals surface area contributed by atoms with Crippen LogP contribution in [-0.4, -0.2) is 26.3 Å². The molecule has 0 aliphatic carbocycles. The summed E-state index contributed by atoms with van der Waals surface area (Å²) in [6.45, 7) is 1.23. The van der Waals surface area contributed by atoms with Crippen LogP contribution in [0.4, 0.5) is 4.79 Å². The van der Waals surface area contributed by atoms with Crippen molar-refractivity contribution in [3.8, 4) is 0 Å². The Labute approximate surface area is 112 Å². The van der Waals surface area contributed by atoms with Gasteiger partial charge < -0.3 is 15.4 Å². The molecule has 0 saturated carbocycles. The Morgan fingerprint density at radius 3 is 3.06 bits per heavy atom. The van der Waals surface area contributed by atoms with Gasteiger partial charge in [-0.05, 0) is 30.2 Å². The first kappa shape index (κ1) is 14.5. The van der Waals surface area contributed by atoms with Crippen molar-refractivity contribution in [2.24, 2.45) is 0 Å². The number of nitrogens with one attached hydrogen (secondary N) is 2. The molecule has 0 atom stereocenters. The first-order chi connectivity index (χ1) is 8.72. The highest BCUT2D eigenvalue weighted by Crippen LogP contribution is 2.11. The molecule has 0 unspecified atom stereocenters. The van der Waals surface area contributed by atoms with Crippen LogP contribution in [-0.2, 0) is 4.74 Å². The Hall–Kier alpha value is -1.52. The van der Waals surface area contributed by atoms with Crippen molar-refractivity contribution >= 4 is 23.7 Å². The van der Waals surface area contributed by atoms with Gasteiger partial charge in [0.2, 0.25) is 0 Å². The fraction of sp³-hybridized carbons (Fsp3) is 0.308. The summed E-state index contributed by atoms with van der Waals surface area (Å²) < 4.78 is 4.88. The molecule has 0 radical (unpaired) electrons. The first-order valence-corrected chi connectivity index (χ1v) is 6.05. The van der Waals surface area contributed by atoms with E-state index in [0.29, 0.717) is 18.2 Å². The summed E-state index contributed by atoms with van der Waals surface area (Å²) in [6, 6.07) is 7.14. The SMILES string of the molecule is COCCCNC(=O)N/C=C/c1cccc(Cl)c1. The van der Waals surface area contributed by atoms with E-state index < -0.39 is 0 Å². The molecule has 0 aliphatic rings. The molecule has 0 bridgehead atoms. The molecule has 1 aromatic rings. The molecule has 1 rings (SSSR count). The Morgan fingerprint density at radius 2 is 2.33 bits per heavy atom. The van der Waals surface area contributed by atoms with Crippen LogP contribution < -0.4 is 10.6 Å². The maximum atomic E-state index is 11.3. The van der Waals surface area contributed by atoms with Crippen molar-refractivity contribution in [2.45, 2.75) is 6.42 Å². The van der Waals surface area contributed by atoms with Crippen LogP contribution in [0.3, 0.4) is 0 Å². The summed E-state index contributed by atoms with van der Waals surface area (Å²) in [5.74, 6) is 0. The van der Waals surface area contributed by atoms with Gasteiger partial charge >= 0.3 is 6.03 Å². The monoisotopic (exact) mass is 268 g/mol. The van der Waals surface area contributed by atoms with Gasteiger partial charge in [0.15, 0.2) is 0 Å².